The third-order valence-electron chi connectivity index (χ3n) is 5.40. The second kappa shape index (κ2) is 9.13. The topological polar surface area (TPSA) is 83.8 Å². The quantitative estimate of drug-likeness (QED) is 0.615. The number of ether oxygens (including phenoxy) is 1. The van der Waals surface area contributed by atoms with E-state index < -0.39 is 28.6 Å². The van der Waals surface area contributed by atoms with E-state index in [2.05, 4.69) is 5.32 Å². The standard InChI is InChI=1S/C22H21F2N3O4.ClH/c1-12-10-26(8-7-25-12)19-17(24)9-15-18(21(19)31-2)27(11-16(20(15)28)22(29)30)14-5-3-13(23)4-6-14;/h3-6,9,11-12,25H,7-8,10H2,1-2H3,(H,29,30);1H. The predicted molar refractivity (Wildman–Crippen MR) is 120 cm³/mol. The molecule has 1 aliphatic heterocycles. The van der Waals surface area contributed by atoms with Crippen molar-refractivity contribution in [3.05, 3.63) is 63.9 Å². The van der Waals surface area contributed by atoms with Crippen molar-refractivity contribution >= 4 is 35.0 Å². The van der Waals surface area contributed by atoms with E-state index >= 15 is 4.39 Å². The van der Waals surface area contributed by atoms with Crippen LogP contribution < -0.4 is 20.4 Å². The van der Waals surface area contributed by atoms with Gasteiger partial charge >= 0.3 is 5.97 Å². The Morgan fingerprint density at radius 1 is 1.25 bits per heavy atom. The first kappa shape index (κ1) is 23.5. The molecule has 4 rings (SSSR count). The number of hydrogen-bond donors (Lipinski definition) is 2. The average molecular weight is 466 g/mol. The van der Waals surface area contributed by atoms with Crippen LogP contribution in [0.3, 0.4) is 0 Å². The number of rotatable bonds is 4. The van der Waals surface area contributed by atoms with Crippen LogP contribution in [0.25, 0.3) is 16.6 Å². The summed E-state index contributed by atoms with van der Waals surface area (Å²) in [6, 6.07) is 6.49. The molecule has 3 aromatic rings. The fourth-order valence-corrected chi connectivity index (χ4v) is 4.00. The van der Waals surface area contributed by atoms with Crippen LogP contribution in [0, 0.1) is 11.6 Å². The van der Waals surface area contributed by atoms with E-state index in [0.29, 0.717) is 25.3 Å². The fraction of sp³-hybridized carbons (Fsp3) is 0.273. The molecule has 10 heteroatoms. The Morgan fingerprint density at radius 3 is 2.53 bits per heavy atom. The van der Waals surface area contributed by atoms with Crippen molar-refractivity contribution in [2.24, 2.45) is 0 Å². The molecule has 1 fully saturated rings. The molecule has 7 nitrogen and oxygen atoms in total. The molecular formula is C22H22ClF2N3O4. The smallest absolute Gasteiger partial charge is 0.341 e. The molecule has 0 bridgehead atoms. The maximum atomic E-state index is 15.3. The first-order valence-electron chi connectivity index (χ1n) is 9.75. The molecule has 1 unspecified atom stereocenters. The van der Waals surface area contributed by atoms with Gasteiger partial charge in [-0.1, -0.05) is 0 Å². The summed E-state index contributed by atoms with van der Waals surface area (Å²) >= 11 is 0. The molecule has 0 spiro atoms. The number of benzene rings is 2. The minimum Gasteiger partial charge on any atom is -0.492 e. The highest BCUT2D eigenvalue weighted by atomic mass is 35.5. The third-order valence-corrected chi connectivity index (χ3v) is 5.40. The summed E-state index contributed by atoms with van der Waals surface area (Å²) < 4.78 is 35.8. The van der Waals surface area contributed by atoms with Gasteiger partial charge in [0, 0.05) is 37.6 Å². The van der Waals surface area contributed by atoms with Crippen molar-refractivity contribution in [1.82, 2.24) is 9.88 Å². The van der Waals surface area contributed by atoms with Crippen molar-refractivity contribution in [3.63, 3.8) is 0 Å². The van der Waals surface area contributed by atoms with Crippen LogP contribution in [-0.2, 0) is 0 Å². The maximum absolute atomic E-state index is 15.3. The lowest BCUT2D eigenvalue weighted by molar-refractivity contribution is 0.0695. The largest absolute Gasteiger partial charge is 0.492 e. The van der Waals surface area contributed by atoms with Gasteiger partial charge in [-0.3, -0.25) is 4.79 Å². The van der Waals surface area contributed by atoms with Gasteiger partial charge in [0.05, 0.1) is 12.5 Å². The first-order chi connectivity index (χ1) is 14.8. The van der Waals surface area contributed by atoms with E-state index in [1.54, 1.807) is 0 Å². The molecule has 1 aromatic heterocycles. The number of carboxylic acid groups (broad SMARTS) is 1. The van der Waals surface area contributed by atoms with Gasteiger partial charge in [0.1, 0.15) is 22.6 Å². The highest BCUT2D eigenvalue weighted by molar-refractivity contribution is 5.97. The lowest BCUT2D eigenvalue weighted by atomic mass is 10.1. The Labute approximate surface area is 188 Å². The van der Waals surface area contributed by atoms with Crippen molar-refractivity contribution in [2.45, 2.75) is 13.0 Å². The Bertz CT molecular complexity index is 1230. The summed E-state index contributed by atoms with van der Waals surface area (Å²) in [6.45, 7) is 3.67. The van der Waals surface area contributed by atoms with Crippen LogP contribution in [0.15, 0.2) is 41.3 Å². The Balaban J connectivity index is 0.00000289. The summed E-state index contributed by atoms with van der Waals surface area (Å²) in [7, 11) is 1.37. The van der Waals surface area contributed by atoms with E-state index in [9.17, 15) is 19.1 Å². The number of fused-ring (bicyclic) bond motifs is 1. The van der Waals surface area contributed by atoms with Crippen LogP contribution in [0.5, 0.6) is 5.75 Å². The molecule has 0 amide bonds. The number of halogens is 3. The van der Waals surface area contributed by atoms with Crippen LogP contribution in [0.1, 0.15) is 17.3 Å². The molecule has 2 heterocycles. The lowest BCUT2D eigenvalue weighted by Crippen LogP contribution is -2.49. The number of aromatic carboxylic acids is 1. The second-order valence-electron chi connectivity index (χ2n) is 7.46. The maximum Gasteiger partial charge on any atom is 0.341 e. The summed E-state index contributed by atoms with van der Waals surface area (Å²) in [4.78, 5) is 26.4. The second-order valence-corrected chi connectivity index (χ2v) is 7.46. The number of hydrogen-bond acceptors (Lipinski definition) is 5. The third kappa shape index (κ3) is 4.01. The molecule has 0 saturated carbocycles. The van der Waals surface area contributed by atoms with Crippen LogP contribution in [0.4, 0.5) is 14.5 Å². The van der Waals surface area contributed by atoms with Crippen molar-refractivity contribution in [3.8, 4) is 11.4 Å². The first-order valence-corrected chi connectivity index (χ1v) is 9.75. The van der Waals surface area contributed by atoms with Gasteiger partial charge in [-0.25, -0.2) is 13.6 Å². The zero-order valence-corrected chi connectivity index (χ0v) is 18.2. The number of nitrogens with zero attached hydrogens (tertiary/aromatic N) is 2. The van der Waals surface area contributed by atoms with E-state index in [-0.39, 0.29) is 40.8 Å². The van der Waals surface area contributed by atoms with E-state index in [1.165, 1.54) is 35.9 Å². The number of pyridine rings is 1. The zero-order valence-electron chi connectivity index (χ0n) is 17.4. The van der Waals surface area contributed by atoms with Crippen LogP contribution >= 0.6 is 12.4 Å². The van der Waals surface area contributed by atoms with E-state index in [0.717, 1.165) is 12.3 Å². The van der Waals surface area contributed by atoms with Gasteiger partial charge in [-0.05, 0) is 37.3 Å². The fourth-order valence-electron chi connectivity index (χ4n) is 4.00. The summed E-state index contributed by atoms with van der Waals surface area (Å²) in [5, 5.41) is 12.7. The molecule has 2 aromatic carbocycles. The zero-order chi connectivity index (χ0) is 22.3. The van der Waals surface area contributed by atoms with E-state index in [4.69, 9.17) is 4.74 Å². The average Bonchev–Trinajstić information content (AvgIpc) is 2.74. The number of anilines is 1. The van der Waals surface area contributed by atoms with Crippen LogP contribution in [-0.4, -0.2) is 48.4 Å². The van der Waals surface area contributed by atoms with Crippen molar-refractivity contribution in [2.75, 3.05) is 31.6 Å². The number of carboxylic acids is 1. The van der Waals surface area contributed by atoms with Crippen molar-refractivity contribution < 1.29 is 23.4 Å². The summed E-state index contributed by atoms with van der Waals surface area (Å²) in [6.07, 6.45) is 1.16. The minimum absolute atomic E-state index is 0. The van der Waals surface area contributed by atoms with Crippen molar-refractivity contribution in [1.29, 1.82) is 0 Å². The molecule has 2 N–H and O–H groups in total. The monoisotopic (exact) mass is 465 g/mol. The van der Waals surface area contributed by atoms with Gasteiger partial charge in [-0.2, -0.15) is 0 Å². The Kier molecular flexibility index (Phi) is 6.71. The number of carbonyl (C=O) groups is 1. The Hall–Kier alpha value is -3.17. The lowest BCUT2D eigenvalue weighted by Gasteiger charge is -2.35. The van der Waals surface area contributed by atoms with Gasteiger partial charge in [0.25, 0.3) is 0 Å². The molecule has 1 aliphatic rings. The summed E-state index contributed by atoms with van der Waals surface area (Å²) in [5.41, 5.74) is -0.535. The van der Waals surface area contributed by atoms with Gasteiger partial charge in [0.15, 0.2) is 11.6 Å². The number of aromatic nitrogens is 1. The van der Waals surface area contributed by atoms with Gasteiger partial charge in [0.2, 0.25) is 5.43 Å². The highest BCUT2D eigenvalue weighted by Crippen LogP contribution is 2.39. The Morgan fingerprint density at radius 2 is 1.94 bits per heavy atom. The molecule has 1 atom stereocenters. The minimum atomic E-state index is -1.44. The molecule has 1 saturated heterocycles. The van der Waals surface area contributed by atoms with Gasteiger partial charge < -0.3 is 24.6 Å². The summed E-state index contributed by atoms with van der Waals surface area (Å²) in [5.74, 6) is -2.48. The SMILES string of the molecule is COc1c(N2CCNC(C)C2)c(F)cc2c(=O)c(C(=O)O)cn(-c3ccc(F)cc3)c12.Cl. The molecule has 0 radical (unpaired) electrons. The predicted octanol–water partition coefficient (Wildman–Crippen LogP) is 3.20. The van der Waals surface area contributed by atoms with Gasteiger partial charge in [-0.15, -0.1) is 12.4 Å². The molecule has 170 valence electrons. The number of methoxy groups -OCH3 is 1. The molecule has 0 aliphatic carbocycles. The number of piperazine rings is 1. The molecule has 32 heavy (non-hydrogen) atoms. The van der Waals surface area contributed by atoms with E-state index in [1.807, 2.05) is 11.8 Å². The number of nitrogens with one attached hydrogen (secondary N) is 1. The normalized spacial score (nSPS) is 16.0. The molecular weight excluding hydrogens is 444 g/mol. The highest BCUT2D eigenvalue weighted by Gasteiger charge is 2.28. The van der Waals surface area contributed by atoms with Crippen LogP contribution in [0.2, 0.25) is 0 Å².